The number of thiazole rings is 1. The zero-order valence-corrected chi connectivity index (χ0v) is 15.2. The minimum atomic E-state index is -0.985. The molecule has 1 heterocycles. The van der Waals surface area contributed by atoms with Crippen LogP contribution >= 0.6 is 22.9 Å². The van der Waals surface area contributed by atoms with Gasteiger partial charge in [0.2, 0.25) is 0 Å². The third-order valence-corrected chi connectivity index (χ3v) is 5.15. The van der Waals surface area contributed by atoms with E-state index in [4.69, 9.17) is 11.6 Å². The summed E-state index contributed by atoms with van der Waals surface area (Å²) in [5.74, 6) is -3.44. The lowest BCUT2D eigenvalue weighted by atomic mass is 9.93. The number of halogens is 3. The van der Waals surface area contributed by atoms with Crippen LogP contribution in [0.1, 0.15) is 27.8 Å². The lowest BCUT2D eigenvalue weighted by molar-refractivity contribution is -0.137. The Morgan fingerprint density at radius 2 is 2.08 bits per heavy atom. The Balaban J connectivity index is 2.12. The van der Waals surface area contributed by atoms with Crippen molar-refractivity contribution in [3.8, 4) is 11.1 Å². The Hall–Kier alpha value is -2.31. The van der Waals surface area contributed by atoms with Gasteiger partial charge in [0.15, 0.2) is 11.6 Å². The number of hydrogen-bond donors (Lipinski definition) is 1. The van der Waals surface area contributed by atoms with Gasteiger partial charge in [-0.25, -0.2) is 13.8 Å². The summed E-state index contributed by atoms with van der Waals surface area (Å²) < 4.78 is 27.7. The Kier molecular flexibility index (Phi) is 5.34. The third-order valence-electron chi connectivity index (χ3n) is 3.90. The van der Waals surface area contributed by atoms with Gasteiger partial charge in [0.05, 0.1) is 6.42 Å². The van der Waals surface area contributed by atoms with Gasteiger partial charge in [-0.2, -0.15) is 0 Å². The van der Waals surface area contributed by atoms with Crippen LogP contribution in [0.2, 0.25) is 5.02 Å². The first-order chi connectivity index (χ1) is 12.3. The first kappa shape index (κ1) is 18.5. The molecule has 1 unspecified atom stereocenters. The van der Waals surface area contributed by atoms with Crippen molar-refractivity contribution in [3.63, 3.8) is 0 Å². The van der Waals surface area contributed by atoms with E-state index >= 15 is 0 Å². The van der Waals surface area contributed by atoms with E-state index in [2.05, 4.69) is 4.98 Å². The van der Waals surface area contributed by atoms with Crippen molar-refractivity contribution < 1.29 is 18.7 Å². The van der Waals surface area contributed by atoms with Gasteiger partial charge in [-0.05, 0) is 36.2 Å². The summed E-state index contributed by atoms with van der Waals surface area (Å²) in [5.41, 5.74) is 1.04. The van der Waals surface area contributed by atoms with Crippen LogP contribution in [0, 0.1) is 18.6 Å². The molecule has 0 saturated heterocycles. The molecule has 0 fully saturated rings. The highest BCUT2D eigenvalue weighted by atomic mass is 35.5. The van der Waals surface area contributed by atoms with Crippen molar-refractivity contribution in [2.75, 3.05) is 0 Å². The summed E-state index contributed by atoms with van der Waals surface area (Å²) in [6, 6.07) is 8.69. The second-order valence-corrected chi connectivity index (χ2v) is 7.54. The Labute approximate surface area is 157 Å². The molecular formula is C19H14ClF2NO2S. The number of rotatable bonds is 5. The van der Waals surface area contributed by atoms with Gasteiger partial charge < -0.3 is 5.11 Å². The number of benzene rings is 2. The summed E-state index contributed by atoms with van der Waals surface area (Å²) in [4.78, 5) is 16.6. The van der Waals surface area contributed by atoms with Crippen LogP contribution in [-0.4, -0.2) is 16.1 Å². The highest BCUT2D eigenvalue weighted by Crippen LogP contribution is 2.36. The van der Waals surface area contributed by atoms with E-state index in [0.717, 1.165) is 10.9 Å². The molecule has 2 aromatic carbocycles. The molecule has 26 heavy (non-hydrogen) atoms. The van der Waals surface area contributed by atoms with E-state index in [0.29, 0.717) is 21.2 Å². The molecule has 1 atom stereocenters. The predicted octanol–water partition coefficient (Wildman–Crippen LogP) is 5.66. The van der Waals surface area contributed by atoms with Crippen molar-refractivity contribution >= 4 is 28.9 Å². The van der Waals surface area contributed by atoms with Crippen LogP contribution in [0.4, 0.5) is 8.78 Å². The van der Waals surface area contributed by atoms with Gasteiger partial charge in [-0.3, -0.25) is 4.79 Å². The molecule has 3 rings (SSSR count). The van der Waals surface area contributed by atoms with E-state index < -0.39 is 23.5 Å². The zero-order chi connectivity index (χ0) is 18.8. The molecular weight excluding hydrogens is 380 g/mol. The minimum Gasteiger partial charge on any atom is -0.481 e. The summed E-state index contributed by atoms with van der Waals surface area (Å²) in [6.45, 7) is 1.88. The van der Waals surface area contributed by atoms with Gasteiger partial charge in [-0.1, -0.05) is 29.8 Å². The molecule has 0 amide bonds. The van der Waals surface area contributed by atoms with Crippen molar-refractivity contribution in [2.24, 2.45) is 0 Å². The highest BCUT2D eigenvalue weighted by molar-refractivity contribution is 7.11. The number of aryl methyl sites for hydroxylation is 1. The Bertz CT molecular complexity index is 974. The van der Waals surface area contributed by atoms with Gasteiger partial charge in [0.1, 0.15) is 5.01 Å². The molecule has 0 radical (unpaired) electrons. The quantitative estimate of drug-likeness (QED) is 0.608. The van der Waals surface area contributed by atoms with Gasteiger partial charge in [-0.15, -0.1) is 11.3 Å². The van der Waals surface area contributed by atoms with Gasteiger partial charge >= 0.3 is 5.97 Å². The summed E-state index contributed by atoms with van der Waals surface area (Å²) in [7, 11) is 0. The van der Waals surface area contributed by atoms with Crippen molar-refractivity contribution in [1.29, 1.82) is 0 Å². The molecule has 1 N–H and O–H groups in total. The molecule has 0 aliphatic carbocycles. The normalized spacial score (nSPS) is 12.2. The van der Waals surface area contributed by atoms with Crippen LogP contribution in [0.15, 0.2) is 42.6 Å². The topological polar surface area (TPSA) is 50.2 Å². The minimum absolute atomic E-state index is 0.0677. The first-order valence-electron chi connectivity index (χ1n) is 7.74. The fraction of sp³-hybridized carbons (Fsp3) is 0.158. The summed E-state index contributed by atoms with van der Waals surface area (Å²) >= 11 is 7.58. The lowest BCUT2D eigenvalue weighted by Crippen LogP contribution is -2.08. The molecule has 3 aromatic rings. The lowest BCUT2D eigenvalue weighted by Gasteiger charge is -2.15. The summed E-state index contributed by atoms with van der Waals surface area (Å²) in [6.07, 6.45) is 1.49. The number of aliphatic carboxylic acids is 1. The van der Waals surface area contributed by atoms with E-state index in [9.17, 15) is 18.7 Å². The maximum absolute atomic E-state index is 14.2. The molecule has 0 aliphatic rings. The molecule has 0 spiro atoms. The van der Waals surface area contributed by atoms with Crippen LogP contribution in [-0.2, 0) is 4.79 Å². The van der Waals surface area contributed by atoms with Crippen molar-refractivity contribution in [3.05, 3.63) is 74.7 Å². The van der Waals surface area contributed by atoms with E-state index in [-0.39, 0.29) is 12.0 Å². The van der Waals surface area contributed by atoms with Crippen LogP contribution < -0.4 is 0 Å². The molecule has 0 bridgehead atoms. The van der Waals surface area contributed by atoms with E-state index in [1.54, 1.807) is 18.3 Å². The van der Waals surface area contributed by atoms with Gasteiger partial charge in [0, 0.05) is 27.6 Å². The number of carbonyl (C=O) groups is 1. The monoisotopic (exact) mass is 393 g/mol. The smallest absolute Gasteiger partial charge is 0.304 e. The molecule has 0 saturated carbocycles. The largest absolute Gasteiger partial charge is 0.481 e. The van der Waals surface area contributed by atoms with Crippen molar-refractivity contribution in [2.45, 2.75) is 19.3 Å². The van der Waals surface area contributed by atoms with Crippen LogP contribution in [0.5, 0.6) is 0 Å². The highest BCUT2D eigenvalue weighted by Gasteiger charge is 2.23. The Morgan fingerprint density at radius 3 is 2.73 bits per heavy atom. The molecule has 134 valence electrons. The average molecular weight is 394 g/mol. The number of nitrogens with zero attached hydrogens (tertiary/aromatic N) is 1. The SMILES string of the molecule is Cc1cnc(C(CC(=O)O)c2cc(Cl)cc(-c3cccc(F)c3F)c2)s1. The first-order valence-corrected chi connectivity index (χ1v) is 8.93. The second-order valence-electron chi connectivity index (χ2n) is 5.83. The van der Waals surface area contributed by atoms with E-state index in [1.165, 1.54) is 29.5 Å². The standard InChI is InChI=1S/C19H14ClF2NO2S/c1-10-9-23-19(26-10)15(8-17(24)25)12-5-11(6-13(20)7-12)14-3-2-4-16(21)18(14)22/h2-7,9,15H,8H2,1H3,(H,24,25). The van der Waals surface area contributed by atoms with Gasteiger partial charge in [0.25, 0.3) is 0 Å². The number of aromatic nitrogens is 1. The maximum Gasteiger partial charge on any atom is 0.304 e. The third kappa shape index (κ3) is 3.92. The predicted molar refractivity (Wildman–Crippen MR) is 97.8 cm³/mol. The number of carboxylic acid groups (broad SMARTS) is 1. The second kappa shape index (κ2) is 7.51. The maximum atomic E-state index is 14.2. The zero-order valence-electron chi connectivity index (χ0n) is 13.7. The number of hydrogen-bond acceptors (Lipinski definition) is 3. The van der Waals surface area contributed by atoms with E-state index in [1.807, 2.05) is 6.92 Å². The molecule has 0 aliphatic heterocycles. The Morgan fingerprint density at radius 1 is 1.31 bits per heavy atom. The van der Waals surface area contributed by atoms with Crippen LogP contribution in [0.25, 0.3) is 11.1 Å². The number of carboxylic acids is 1. The fourth-order valence-corrected chi connectivity index (χ4v) is 3.90. The molecule has 7 heteroatoms. The summed E-state index contributed by atoms with van der Waals surface area (Å²) in [5, 5.41) is 10.2. The van der Waals surface area contributed by atoms with Crippen molar-refractivity contribution in [1.82, 2.24) is 4.98 Å². The fourth-order valence-electron chi connectivity index (χ4n) is 2.75. The van der Waals surface area contributed by atoms with Crippen LogP contribution in [0.3, 0.4) is 0 Å². The molecule has 3 nitrogen and oxygen atoms in total. The molecule has 1 aromatic heterocycles. The average Bonchev–Trinajstić information content (AvgIpc) is 3.00.